The molecule has 4 rings (SSSR count). The molecule has 1 amide bonds. The molecule has 1 aliphatic carbocycles. The van der Waals surface area contributed by atoms with Crippen LogP contribution in [0, 0.1) is 5.41 Å². The number of hydrogen-bond donors (Lipinski definition) is 1. The number of sulfonamides is 1. The van der Waals surface area contributed by atoms with Crippen LogP contribution in [0.1, 0.15) is 69.0 Å². The number of pyridine rings is 1. The van der Waals surface area contributed by atoms with E-state index in [-0.39, 0.29) is 35.7 Å². The molecule has 2 heterocycles. The molecule has 36 heavy (non-hydrogen) atoms. The molecule has 2 aromatic rings. The molecular weight excluding hydrogens is 517 g/mol. The van der Waals surface area contributed by atoms with Crippen molar-refractivity contribution >= 4 is 39.1 Å². The molecule has 1 aromatic heterocycles. The molecule has 1 unspecified atom stereocenters. The highest BCUT2D eigenvalue weighted by molar-refractivity contribution is 7.90. The third-order valence-corrected chi connectivity index (χ3v) is 9.79. The number of rotatable bonds is 10. The second-order valence-corrected chi connectivity index (χ2v) is 13.1. The lowest BCUT2D eigenvalue weighted by Gasteiger charge is -2.52. The summed E-state index contributed by atoms with van der Waals surface area (Å²) in [6.07, 6.45) is 8.22. The Labute approximate surface area is 224 Å². The number of carbonyl (C=O) groups is 1. The summed E-state index contributed by atoms with van der Waals surface area (Å²) in [5.74, 6) is -0.125. The summed E-state index contributed by atoms with van der Waals surface area (Å²) in [6, 6.07) is 8.74. The van der Waals surface area contributed by atoms with Gasteiger partial charge in [0.1, 0.15) is 0 Å². The molecule has 6 nitrogen and oxygen atoms in total. The van der Waals surface area contributed by atoms with Gasteiger partial charge in [-0.15, -0.1) is 6.58 Å². The van der Waals surface area contributed by atoms with Gasteiger partial charge in [-0.1, -0.05) is 55.3 Å². The van der Waals surface area contributed by atoms with Gasteiger partial charge in [-0.25, -0.2) is 13.1 Å². The topological polar surface area (TPSA) is 79.4 Å². The lowest BCUT2D eigenvalue weighted by molar-refractivity contribution is -0.154. The molecule has 0 radical (unpaired) electrons. The van der Waals surface area contributed by atoms with Crippen LogP contribution in [0.25, 0.3) is 0 Å². The highest BCUT2D eigenvalue weighted by Crippen LogP contribution is 2.52. The first-order valence-electron chi connectivity index (χ1n) is 12.4. The molecule has 194 valence electrons. The molecule has 4 atom stereocenters. The predicted molar refractivity (Wildman–Crippen MR) is 145 cm³/mol. The van der Waals surface area contributed by atoms with Crippen molar-refractivity contribution in [1.29, 1.82) is 0 Å². The van der Waals surface area contributed by atoms with Crippen LogP contribution in [0.3, 0.4) is 0 Å². The zero-order valence-electron chi connectivity index (χ0n) is 20.7. The predicted octanol–water partition coefficient (Wildman–Crippen LogP) is 5.89. The smallest absolute Gasteiger partial charge is 0.229 e. The number of benzene rings is 1. The number of aromatic nitrogens is 1. The molecule has 1 aromatic carbocycles. The first-order chi connectivity index (χ1) is 17.1. The number of amides is 1. The third kappa shape index (κ3) is 5.64. The van der Waals surface area contributed by atoms with Crippen molar-refractivity contribution in [3.05, 3.63) is 76.6 Å². The maximum atomic E-state index is 14.2. The average Bonchev–Trinajstić information content (AvgIpc) is 3.69. The van der Waals surface area contributed by atoms with E-state index in [2.05, 4.69) is 16.3 Å². The van der Waals surface area contributed by atoms with E-state index in [9.17, 15) is 13.2 Å². The van der Waals surface area contributed by atoms with Crippen LogP contribution in [-0.2, 0) is 14.8 Å². The number of halogens is 2. The van der Waals surface area contributed by atoms with Gasteiger partial charge in [0, 0.05) is 35.9 Å². The summed E-state index contributed by atoms with van der Waals surface area (Å²) in [4.78, 5) is 20.5. The lowest BCUT2D eigenvalue weighted by Crippen LogP contribution is -2.57. The normalized spacial score (nSPS) is 25.6. The van der Waals surface area contributed by atoms with E-state index in [1.165, 1.54) is 0 Å². The van der Waals surface area contributed by atoms with Gasteiger partial charge in [-0.2, -0.15) is 0 Å². The Balaban J connectivity index is 1.82. The summed E-state index contributed by atoms with van der Waals surface area (Å²) in [5.41, 5.74) is 1.16. The molecule has 1 N–H and O–H groups in total. The van der Waals surface area contributed by atoms with Crippen LogP contribution in [0.2, 0.25) is 10.0 Å². The minimum atomic E-state index is -3.40. The largest absolute Gasteiger partial charge is 0.330 e. The zero-order chi connectivity index (χ0) is 26.1. The summed E-state index contributed by atoms with van der Waals surface area (Å²) in [7, 11) is -3.40. The van der Waals surface area contributed by atoms with Gasteiger partial charge in [0.2, 0.25) is 15.9 Å². The van der Waals surface area contributed by atoms with Gasteiger partial charge < -0.3 is 4.90 Å². The van der Waals surface area contributed by atoms with E-state index in [0.29, 0.717) is 42.1 Å². The van der Waals surface area contributed by atoms with E-state index in [4.69, 9.17) is 23.2 Å². The van der Waals surface area contributed by atoms with Crippen LogP contribution in [-0.4, -0.2) is 42.0 Å². The monoisotopic (exact) mass is 549 g/mol. The molecular formula is C27H33Cl2N3O3S. The molecule has 9 heteroatoms. The Hall–Kier alpha value is -1.93. The van der Waals surface area contributed by atoms with Crippen molar-refractivity contribution in [2.75, 3.05) is 6.54 Å². The second kappa shape index (κ2) is 10.8. The molecule has 1 aliphatic heterocycles. The maximum absolute atomic E-state index is 14.2. The van der Waals surface area contributed by atoms with Gasteiger partial charge in [0.05, 0.1) is 21.7 Å². The van der Waals surface area contributed by atoms with Crippen molar-refractivity contribution in [3.63, 3.8) is 0 Å². The second-order valence-electron chi connectivity index (χ2n) is 10.2. The molecule has 1 saturated heterocycles. The maximum Gasteiger partial charge on any atom is 0.229 e. The summed E-state index contributed by atoms with van der Waals surface area (Å²) < 4.78 is 28.1. The fraction of sp³-hybridized carbons (Fsp3) is 0.481. The van der Waals surface area contributed by atoms with Gasteiger partial charge in [-0.05, 0) is 61.4 Å². The van der Waals surface area contributed by atoms with E-state index >= 15 is 0 Å². The van der Waals surface area contributed by atoms with Crippen molar-refractivity contribution in [1.82, 2.24) is 14.6 Å². The zero-order valence-corrected chi connectivity index (χ0v) is 23.0. The Morgan fingerprint density at radius 1 is 1.19 bits per heavy atom. The third-order valence-electron chi connectivity index (χ3n) is 7.41. The molecule has 2 fully saturated rings. The number of nitrogens with zero attached hydrogens (tertiary/aromatic N) is 2. The van der Waals surface area contributed by atoms with Crippen molar-refractivity contribution in [2.24, 2.45) is 5.41 Å². The van der Waals surface area contributed by atoms with E-state index < -0.39 is 15.4 Å². The number of nitrogens with one attached hydrogen (secondary N) is 1. The van der Waals surface area contributed by atoms with Crippen LogP contribution in [0.5, 0.6) is 0 Å². The summed E-state index contributed by atoms with van der Waals surface area (Å²) in [6.45, 7) is 8.02. The van der Waals surface area contributed by atoms with Crippen molar-refractivity contribution in [2.45, 2.75) is 69.2 Å². The van der Waals surface area contributed by atoms with Gasteiger partial charge in [0.25, 0.3) is 0 Å². The van der Waals surface area contributed by atoms with E-state index in [0.717, 1.165) is 11.1 Å². The average molecular weight is 551 g/mol. The lowest BCUT2D eigenvalue weighted by atomic mass is 9.67. The number of likely N-dealkylation sites (tertiary alicyclic amines) is 1. The molecule has 1 saturated carbocycles. The van der Waals surface area contributed by atoms with Crippen LogP contribution in [0.4, 0.5) is 0 Å². The molecule has 2 aliphatic rings. The van der Waals surface area contributed by atoms with Crippen molar-refractivity contribution in [3.8, 4) is 0 Å². The minimum Gasteiger partial charge on any atom is -0.330 e. The van der Waals surface area contributed by atoms with Crippen LogP contribution < -0.4 is 4.72 Å². The first-order valence-corrected chi connectivity index (χ1v) is 14.7. The van der Waals surface area contributed by atoms with E-state index in [1.54, 1.807) is 18.5 Å². The highest BCUT2D eigenvalue weighted by atomic mass is 35.5. The fourth-order valence-electron chi connectivity index (χ4n) is 5.33. The Bertz CT molecular complexity index is 1220. The summed E-state index contributed by atoms with van der Waals surface area (Å²) >= 11 is 12.6. The van der Waals surface area contributed by atoms with Crippen LogP contribution >= 0.6 is 23.2 Å². The standard InChI is InChI=1S/C27H33Cl2N3O3S/c1-4-12-27(3)14-24(19-13-21(29)16-30-15-19)25(18-6-8-20(28)9-7-18)32(26(27)33)22(5-2)17-31-36(34,35)23-10-11-23/h4,6-9,13,15-16,22-25,31H,1,5,10-12,14,17H2,2-3H3/t22?,24-,25-,27+/m1/s1. The Kier molecular flexibility index (Phi) is 8.15. The first kappa shape index (κ1) is 27.1. The number of hydrogen-bond acceptors (Lipinski definition) is 4. The Morgan fingerprint density at radius 2 is 1.89 bits per heavy atom. The SMILES string of the molecule is C=CC[C@@]1(C)C[C@H](c2cncc(Cl)c2)[C@@H](c2ccc(Cl)cc2)N(C(CC)CNS(=O)(=O)C2CC2)C1=O. The fourth-order valence-corrected chi connectivity index (χ4v) is 7.06. The number of piperidine rings is 1. The highest BCUT2D eigenvalue weighted by Gasteiger charge is 2.51. The van der Waals surface area contributed by atoms with Gasteiger partial charge >= 0.3 is 0 Å². The van der Waals surface area contributed by atoms with Crippen molar-refractivity contribution < 1.29 is 13.2 Å². The summed E-state index contributed by atoms with van der Waals surface area (Å²) in [5, 5.41) is 0.810. The quantitative estimate of drug-likeness (QED) is 0.375. The van der Waals surface area contributed by atoms with E-state index in [1.807, 2.05) is 49.1 Å². The van der Waals surface area contributed by atoms with Crippen LogP contribution in [0.15, 0.2) is 55.4 Å². The Morgan fingerprint density at radius 3 is 2.47 bits per heavy atom. The van der Waals surface area contributed by atoms with Gasteiger partial charge in [0.15, 0.2) is 0 Å². The number of carbonyl (C=O) groups excluding carboxylic acids is 1. The molecule has 0 spiro atoms. The molecule has 0 bridgehead atoms. The number of allylic oxidation sites excluding steroid dienone is 1. The minimum absolute atomic E-state index is 0.00828. The van der Waals surface area contributed by atoms with Gasteiger partial charge in [-0.3, -0.25) is 9.78 Å².